The van der Waals surface area contributed by atoms with Gasteiger partial charge in [-0.2, -0.15) is 5.70 Å². The summed E-state index contributed by atoms with van der Waals surface area (Å²) >= 11 is 0. The Labute approximate surface area is 209 Å². The second kappa shape index (κ2) is 11.0. The number of carbonyl (C=O) groups is 1. The Morgan fingerprint density at radius 1 is 0.848 bits per heavy atom. The van der Waals surface area contributed by atoms with E-state index in [0.29, 0.717) is 5.69 Å². The molecule has 4 rings (SSSR count). The number of aromatic nitrogens is 1. The molecule has 0 spiro atoms. The summed E-state index contributed by atoms with van der Waals surface area (Å²) in [6.07, 6.45) is 3.82. The van der Waals surface area contributed by atoms with Crippen LogP contribution in [0.2, 0.25) is 0 Å². The number of nitrogens with zero attached hydrogens (tertiary/aromatic N) is 4. The first-order chi connectivity index (χ1) is 15.5. The van der Waals surface area contributed by atoms with Crippen molar-refractivity contribution in [1.82, 2.24) is 4.98 Å². The quantitative estimate of drug-likeness (QED) is 0.289. The van der Waals surface area contributed by atoms with Crippen LogP contribution < -0.4 is 0 Å². The summed E-state index contributed by atoms with van der Waals surface area (Å²) < 4.78 is 0. The number of allylic oxidation sites excluding steroid dienone is 2. The van der Waals surface area contributed by atoms with Crippen LogP contribution in [0.1, 0.15) is 37.9 Å². The summed E-state index contributed by atoms with van der Waals surface area (Å²) in [5.41, 5.74) is 7.44. The van der Waals surface area contributed by atoms with E-state index in [9.17, 15) is 4.79 Å². The molecule has 0 atom stereocenters. The zero-order valence-electron chi connectivity index (χ0n) is 18.6. The van der Waals surface area contributed by atoms with Gasteiger partial charge in [-0.1, -0.05) is 67.6 Å². The first kappa shape index (κ1) is 24.3. The Kier molecular flexibility index (Phi) is 8.13. The maximum absolute atomic E-state index is 11.5. The number of carbonyl (C=O) groups excluding carboxylic acids is 1. The molecule has 0 bridgehead atoms. The molecule has 0 aliphatic carbocycles. The van der Waals surface area contributed by atoms with Crippen molar-refractivity contribution >= 4 is 28.7 Å². The molecule has 1 aliphatic rings. The van der Waals surface area contributed by atoms with Crippen molar-refractivity contribution in [3.05, 3.63) is 107 Å². The van der Waals surface area contributed by atoms with Crippen LogP contribution in [-0.4, -0.2) is 16.6 Å². The SMILES string of the molecule is C=C(C)[N-]c1ccccc1C1=NC(c2cccc(-c3ccccc3[N-]C(C)=O)n2)=CCC1.[Pt+2]. The minimum atomic E-state index is -0.239. The van der Waals surface area contributed by atoms with E-state index in [1.807, 2.05) is 73.7 Å². The second-order valence-electron chi connectivity index (χ2n) is 7.61. The van der Waals surface area contributed by atoms with Gasteiger partial charge >= 0.3 is 21.1 Å². The number of hydrogen-bond donors (Lipinski definition) is 0. The minimum Gasteiger partial charge on any atom is -0.661 e. The third kappa shape index (κ3) is 5.94. The molecule has 0 saturated carbocycles. The Bertz CT molecular complexity index is 1250. The van der Waals surface area contributed by atoms with Gasteiger partial charge < -0.3 is 15.4 Å². The van der Waals surface area contributed by atoms with Gasteiger partial charge in [-0.05, 0) is 43.0 Å². The average molecular weight is 616 g/mol. The molecule has 2 heterocycles. The van der Waals surface area contributed by atoms with Crippen LogP contribution in [0, 0.1) is 0 Å². The molecule has 0 fully saturated rings. The smallest absolute Gasteiger partial charge is 0.661 e. The minimum absolute atomic E-state index is 0. The molecule has 3 aromatic rings. The zero-order valence-corrected chi connectivity index (χ0v) is 20.8. The Hall–Kier alpha value is -3.30. The number of para-hydroxylation sites is 2. The van der Waals surface area contributed by atoms with Gasteiger partial charge in [-0.15, -0.1) is 18.0 Å². The van der Waals surface area contributed by atoms with Gasteiger partial charge in [0.05, 0.1) is 23.0 Å². The molecule has 0 radical (unpaired) electrons. The third-order valence-electron chi connectivity index (χ3n) is 4.97. The van der Waals surface area contributed by atoms with Crippen molar-refractivity contribution in [2.45, 2.75) is 26.7 Å². The average Bonchev–Trinajstić information content (AvgIpc) is 2.79. The normalized spacial score (nSPS) is 12.7. The van der Waals surface area contributed by atoms with E-state index in [1.165, 1.54) is 6.92 Å². The number of aliphatic imine (C=N–C) groups is 1. The number of rotatable bonds is 6. The predicted octanol–water partition coefficient (Wildman–Crippen LogP) is 7.46. The van der Waals surface area contributed by atoms with Crippen molar-refractivity contribution in [1.29, 1.82) is 0 Å². The summed E-state index contributed by atoms with van der Waals surface area (Å²) in [7, 11) is 0. The van der Waals surface area contributed by atoms with Crippen LogP contribution in [-0.2, 0) is 25.9 Å². The second-order valence-corrected chi connectivity index (χ2v) is 7.61. The van der Waals surface area contributed by atoms with E-state index < -0.39 is 0 Å². The summed E-state index contributed by atoms with van der Waals surface area (Å²) in [4.78, 5) is 21.3. The first-order valence-electron chi connectivity index (χ1n) is 10.5. The van der Waals surface area contributed by atoms with Gasteiger partial charge in [0.15, 0.2) is 0 Å². The molecule has 5 nitrogen and oxygen atoms in total. The van der Waals surface area contributed by atoms with Gasteiger partial charge in [0.2, 0.25) is 0 Å². The van der Waals surface area contributed by atoms with Crippen LogP contribution in [0.4, 0.5) is 11.4 Å². The third-order valence-corrected chi connectivity index (χ3v) is 4.97. The molecule has 0 unspecified atom stereocenters. The molecule has 6 heteroatoms. The summed E-state index contributed by atoms with van der Waals surface area (Å²) in [6, 6.07) is 21.4. The molecular weight excluding hydrogens is 591 g/mol. The fraction of sp³-hybridized carbons (Fsp3) is 0.148. The molecule has 2 aromatic carbocycles. The molecule has 0 saturated heterocycles. The van der Waals surface area contributed by atoms with E-state index in [0.717, 1.165) is 58.1 Å². The topological polar surface area (TPSA) is 70.5 Å². The van der Waals surface area contributed by atoms with Crippen LogP contribution in [0.15, 0.2) is 90.1 Å². The van der Waals surface area contributed by atoms with Crippen molar-refractivity contribution in [2.75, 3.05) is 0 Å². The van der Waals surface area contributed by atoms with Gasteiger partial charge in [0.25, 0.3) is 0 Å². The Morgan fingerprint density at radius 2 is 1.48 bits per heavy atom. The standard InChI is InChI=1S/C27H25N4O.Pt/c1-18(2)28-22-12-6-4-10-20(22)24-14-8-16-26(30-24)27-17-9-15-25(31-27)21-11-5-7-13-23(21)29-19(3)32;/h4-7,9-13,15-17H,1,8,14H2,2-3H3,(H-,28,29,30,31,32);/q-1;+2/p-1. The number of benzene rings is 2. The van der Waals surface area contributed by atoms with Crippen molar-refractivity contribution in [3.8, 4) is 11.3 Å². The maximum atomic E-state index is 11.5. The largest absolute Gasteiger partial charge is 2.00 e. The molecular formula is C27H24N4OPt. The van der Waals surface area contributed by atoms with E-state index in [1.54, 1.807) is 0 Å². The van der Waals surface area contributed by atoms with Crippen LogP contribution in [0.3, 0.4) is 0 Å². The zero-order chi connectivity index (χ0) is 22.5. The maximum Gasteiger partial charge on any atom is 2.00 e. The van der Waals surface area contributed by atoms with E-state index in [2.05, 4.69) is 23.3 Å². The summed E-state index contributed by atoms with van der Waals surface area (Å²) in [6.45, 7) is 7.24. The van der Waals surface area contributed by atoms with Crippen molar-refractivity contribution in [2.24, 2.45) is 4.99 Å². The van der Waals surface area contributed by atoms with Crippen molar-refractivity contribution < 1.29 is 25.9 Å². The monoisotopic (exact) mass is 615 g/mol. The van der Waals surface area contributed by atoms with Crippen LogP contribution in [0.5, 0.6) is 0 Å². The Balaban J connectivity index is 0.00000306. The number of pyridine rings is 1. The van der Waals surface area contributed by atoms with Gasteiger partial charge in [0, 0.05) is 5.71 Å². The van der Waals surface area contributed by atoms with Gasteiger partial charge in [-0.25, -0.2) is 4.98 Å². The predicted molar refractivity (Wildman–Crippen MR) is 131 cm³/mol. The summed E-state index contributed by atoms with van der Waals surface area (Å²) in [5, 5.41) is 8.70. The molecule has 1 aromatic heterocycles. The number of hydrogen-bond acceptors (Lipinski definition) is 3. The van der Waals surface area contributed by atoms with Gasteiger partial charge in [-0.3, -0.25) is 4.99 Å². The summed E-state index contributed by atoms with van der Waals surface area (Å²) in [5.74, 6) is -0.239. The fourth-order valence-electron chi connectivity index (χ4n) is 3.65. The van der Waals surface area contributed by atoms with Crippen LogP contribution >= 0.6 is 0 Å². The molecule has 1 aliphatic heterocycles. The molecule has 168 valence electrons. The van der Waals surface area contributed by atoms with E-state index in [4.69, 9.17) is 9.98 Å². The van der Waals surface area contributed by atoms with Gasteiger partial charge in [0.1, 0.15) is 0 Å². The molecule has 33 heavy (non-hydrogen) atoms. The van der Waals surface area contributed by atoms with Crippen molar-refractivity contribution in [3.63, 3.8) is 0 Å². The van der Waals surface area contributed by atoms with Crippen LogP contribution in [0.25, 0.3) is 27.6 Å². The molecule has 0 N–H and O–H groups in total. The molecule has 1 amide bonds. The Morgan fingerprint density at radius 3 is 2.18 bits per heavy atom. The van der Waals surface area contributed by atoms with E-state index in [-0.39, 0.29) is 27.0 Å². The number of amides is 1. The fourth-order valence-corrected chi connectivity index (χ4v) is 3.65. The van der Waals surface area contributed by atoms with E-state index >= 15 is 0 Å². The first-order valence-corrected chi connectivity index (χ1v) is 10.5.